The molecule has 2 atom stereocenters. The maximum Gasteiger partial charge on any atom is 0.258 e. The lowest BCUT2D eigenvalue weighted by Crippen LogP contribution is -2.46. The summed E-state index contributed by atoms with van der Waals surface area (Å²) in [6.07, 6.45) is 4.74. The second-order valence-corrected chi connectivity index (χ2v) is 10.5. The Balaban J connectivity index is 0.00000242. The number of halogens is 6. The van der Waals surface area contributed by atoms with Gasteiger partial charge in [0.25, 0.3) is 5.91 Å². The Morgan fingerprint density at radius 1 is 1.00 bits per heavy atom. The van der Waals surface area contributed by atoms with Crippen molar-refractivity contribution >= 4 is 53.6 Å². The lowest BCUT2D eigenvalue weighted by Gasteiger charge is -2.37. The highest BCUT2D eigenvalue weighted by atomic mass is 35.5. The summed E-state index contributed by atoms with van der Waals surface area (Å²) in [4.78, 5) is 32.5. The van der Waals surface area contributed by atoms with Crippen molar-refractivity contribution in [1.82, 2.24) is 4.98 Å². The van der Waals surface area contributed by atoms with Gasteiger partial charge in [0.1, 0.15) is 23.3 Å². The van der Waals surface area contributed by atoms with E-state index < -0.39 is 45.9 Å². The summed E-state index contributed by atoms with van der Waals surface area (Å²) in [5.41, 5.74) is 4.67. The van der Waals surface area contributed by atoms with Crippen molar-refractivity contribution in [3.8, 4) is 11.1 Å². The van der Waals surface area contributed by atoms with Gasteiger partial charge in [-0.2, -0.15) is 0 Å². The maximum atomic E-state index is 15.7. The molecule has 42 heavy (non-hydrogen) atoms. The molecule has 2 aliphatic heterocycles. The molecule has 7 nitrogen and oxygen atoms in total. The Kier molecular flexibility index (Phi) is 10.8. The van der Waals surface area contributed by atoms with Crippen LogP contribution in [0.15, 0.2) is 42.7 Å². The summed E-state index contributed by atoms with van der Waals surface area (Å²) in [6.45, 7) is 3.72. The third-order valence-electron chi connectivity index (χ3n) is 7.31. The van der Waals surface area contributed by atoms with Crippen LogP contribution in [0.1, 0.15) is 36.5 Å². The lowest BCUT2D eigenvalue weighted by molar-refractivity contribution is -0.118. The number of benzene rings is 2. The van der Waals surface area contributed by atoms with E-state index in [9.17, 15) is 14.0 Å². The van der Waals surface area contributed by atoms with Crippen LogP contribution >= 0.6 is 24.8 Å². The Bertz CT molecular complexity index is 1440. The number of rotatable bonds is 5. The number of anilines is 3. The number of ketones is 1. The van der Waals surface area contributed by atoms with E-state index in [2.05, 4.69) is 17.2 Å². The molecule has 0 radical (unpaired) electrons. The highest BCUT2D eigenvalue weighted by Crippen LogP contribution is 2.36. The van der Waals surface area contributed by atoms with Crippen LogP contribution in [0.25, 0.3) is 11.1 Å². The van der Waals surface area contributed by atoms with E-state index in [0.29, 0.717) is 44.1 Å². The molecule has 0 unspecified atom stereocenters. The lowest BCUT2D eigenvalue weighted by atomic mass is 9.96. The predicted molar refractivity (Wildman–Crippen MR) is 159 cm³/mol. The first-order valence-corrected chi connectivity index (χ1v) is 13.1. The molecule has 0 bridgehead atoms. The van der Waals surface area contributed by atoms with Crippen LogP contribution in [-0.2, 0) is 4.79 Å². The molecule has 3 aromatic rings. The first-order valence-electron chi connectivity index (χ1n) is 13.1. The van der Waals surface area contributed by atoms with E-state index in [-0.39, 0.29) is 54.6 Å². The molecule has 2 aromatic carbocycles. The molecule has 0 saturated carbocycles. The number of carbonyl (C=O) groups is 2. The van der Waals surface area contributed by atoms with E-state index in [1.807, 2.05) is 4.90 Å². The average Bonchev–Trinajstić information content (AvgIpc) is 2.89. The van der Waals surface area contributed by atoms with Crippen LogP contribution in [0.4, 0.5) is 34.6 Å². The molecule has 3 N–H and O–H groups in total. The van der Waals surface area contributed by atoms with Crippen molar-refractivity contribution in [2.45, 2.75) is 32.2 Å². The molecule has 1 amide bonds. The maximum absolute atomic E-state index is 15.7. The minimum atomic E-state index is -1.41. The molecule has 3 heterocycles. The van der Waals surface area contributed by atoms with Gasteiger partial charge >= 0.3 is 0 Å². The van der Waals surface area contributed by atoms with Gasteiger partial charge in [-0.3, -0.25) is 14.6 Å². The Morgan fingerprint density at radius 3 is 2.38 bits per heavy atom. The summed E-state index contributed by atoms with van der Waals surface area (Å²) in [7, 11) is 0. The van der Waals surface area contributed by atoms with Gasteiger partial charge in [0.05, 0.1) is 40.8 Å². The summed E-state index contributed by atoms with van der Waals surface area (Å²) >= 11 is 0. The zero-order chi connectivity index (χ0) is 28.6. The Labute approximate surface area is 253 Å². The van der Waals surface area contributed by atoms with E-state index in [0.717, 1.165) is 30.7 Å². The molecule has 0 spiro atoms. The number of carbonyl (C=O) groups excluding carboxylic acids is 2. The van der Waals surface area contributed by atoms with Crippen molar-refractivity contribution < 1.29 is 27.2 Å². The minimum Gasteiger partial charge on any atom is -0.368 e. The van der Waals surface area contributed by atoms with Crippen LogP contribution in [0.5, 0.6) is 0 Å². The van der Waals surface area contributed by atoms with Gasteiger partial charge in [-0.15, -0.1) is 24.8 Å². The van der Waals surface area contributed by atoms with Gasteiger partial charge in [-0.25, -0.2) is 17.6 Å². The van der Waals surface area contributed by atoms with Crippen LogP contribution in [0, 0.1) is 29.2 Å². The molecular weight excluding hydrogens is 597 g/mol. The number of pyridine rings is 1. The SMILES string of the molecule is C[C@@H]1C[C@H](N)CN(c2ccncc2NC(=O)c2ccc(F)c(-c3c(F)cc(N4CCCC(=O)C4)cc3F)c2F)C1.Cl.Cl. The van der Waals surface area contributed by atoms with Crippen molar-refractivity contribution in [2.24, 2.45) is 11.7 Å². The molecule has 2 aliphatic rings. The first-order chi connectivity index (χ1) is 19.1. The summed E-state index contributed by atoms with van der Waals surface area (Å²) in [5, 5.41) is 2.61. The van der Waals surface area contributed by atoms with Gasteiger partial charge in [0.15, 0.2) is 5.78 Å². The number of aromatic nitrogens is 1. The summed E-state index contributed by atoms with van der Waals surface area (Å²) in [6, 6.07) is 5.23. The smallest absolute Gasteiger partial charge is 0.258 e. The van der Waals surface area contributed by atoms with E-state index >= 15 is 13.2 Å². The van der Waals surface area contributed by atoms with Gasteiger partial charge in [-0.05, 0) is 49.1 Å². The van der Waals surface area contributed by atoms with Crippen LogP contribution in [0.3, 0.4) is 0 Å². The average molecular weight is 628 g/mol. The third-order valence-corrected chi connectivity index (χ3v) is 7.31. The standard InChI is InChI=1S/C29H29F4N5O2.2ClH/c1-16-9-17(34)14-38(13-16)25-6-7-35-12-24(25)36-29(40)20-4-5-21(30)27(28(20)33)26-22(31)10-18(11-23(26)32)37-8-2-3-19(39)15-37;;/h4-7,10-12,16-17H,2-3,8-9,13-15,34H2,1H3,(H,36,40);2*1H/t16-,17+;;/m1../s1. The van der Waals surface area contributed by atoms with Crippen LogP contribution in [0.2, 0.25) is 0 Å². The number of nitrogens with one attached hydrogen (secondary N) is 1. The highest BCUT2D eigenvalue weighted by Gasteiger charge is 2.28. The van der Waals surface area contributed by atoms with E-state index in [1.54, 1.807) is 12.3 Å². The van der Waals surface area contributed by atoms with E-state index in [4.69, 9.17) is 5.73 Å². The third kappa shape index (κ3) is 6.79. The summed E-state index contributed by atoms with van der Waals surface area (Å²) in [5.74, 6) is -5.76. The van der Waals surface area contributed by atoms with Crippen molar-refractivity contribution in [3.63, 3.8) is 0 Å². The number of hydrogen-bond acceptors (Lipinski definition) is 6. The molecule has 13 heteroatoms. The minimum absolute atomic E-state index is 0. The number of amides is 1. The van der Waals surface area contributed by atoms with Gasteiger partial charge in [0, 0.05) is 44.0 Å². The van der Waals surface area contributed by atoms with Crippen LogP contribution in [-0.4, -0.2) is 48.9 Å². The summed E-state index contributed by atoms with van der Waals surface area (Å²) < 4.78 is 60.9. The number of piperidine rings is 2. The molecule has 226 valence electrons. The molecule has 1 aromatic heterocycles. The molecule has 2 fully saturated rings. The quantitative estimate of drug-likeness (QED) is 0.350. The first kappa shape index (κ1) is 33.1. The number of Topliss-reactive ketones (excluding diaryl/α,β-unsaturated/α-hetero) is 1. The van der Waals surface area contributed by atoms with Crippen LogP contribution < -0.4 is 20.9 Å². The van der Waals surface area contributed by atoms with Gasteiger partial charge < -0.3 is 20.9 Å². The molecular formula is C29H31Cl2F4N5O2. The fraction of sp³-hybridized carbons (Fsp3) is 0.345. The normalized spacial score (nSPS) is 18.7. The van der Waals surface area contributed by atoms with Crippen molar-refractivity contribution in [2.75, 3.05) is 41.3 Å². The number of nitrogens with two attached hydrogens (primary N) is 1. The topological polar surface area (TPSA) is 91.6 Å². The molecule has 5 rings (SSSR count). The largest absolute Gasteiger partial charge is 0.368 e. The highest BCUT2D eigenvalue weighted by molar-refractivity contribution is 6.06. The fourth-order valence-electron chi connectivity index (χ4n) is 5.54. The molecule has 0 aliphatic carbocycles. The van der Waals surface area contributed by atoms with Gasteiger partial charge in [-0.1, -0.05) is 6.92 Å². The second kappa shape index (κ2) is 13.7. The predicted octanol–water partition coefficient (Wildman–Crippen LogP) is 5.74. The molecule has 2 saturated heterocycles. The Morgan fingerprint density at radius 2 is 1.71 bits per heavy atom. The number of nitrogens with zero attached hydrogens (tertiary/aromatic N) is 3. The second-order valence-electron chi connectivity index (χ2n) is 10.5. The zero-order valence-corrected chi connectivity index (χ0v) is 24.3. The monoisotopic (exact) mass is 627 g/mol. The van der Waals surface area contributed by atoms with Crippen molar-refractivity contribution in [3.05, 3.63) is 71.6 Å². The van der Waals surface area contributed by atoms with Crippen molar-refractivity contribution in [1.29, 1.82) is 0 Å². The van der Waals surface area contributed by atoms with E-state index in [1.165, 1.54) is 11.1 Å². The van der Waals surface area contributed by atoms with Gasteiger partial charge in [0.2, 0.25) is 0 Å². The number of hydrogen-bond donors (Lipinski definition) is 2. The zero-order valence-electron chi connectivity index (χ0n) is 22.7. The fourth-order valence-corrected chi connectivity index (χ4v) is 5.54. The Hall–Kier alpha value is -3.41.